The molecule has 0 amide bonds. The molecule has 3 aromatic carbocycles. The van der Waals surface area contributed by atoms with Gasteiger partial charge in [-0.3, -0.25) is 14.9 Å². The van der Waals surface area contributed by atoms with E-state index in [1.807, 2.05) is 39.0 Å². The highest BCUT2D eigenvalue weighted by Crippen LogP contribution is 2.34. The molecule has 0 aliphatic carbocycles. The summed E-state index contributed by atoms with van der Waals surface area (Å²) in [6.45, 7) is 10.3. The Balaban J connectivity index is 1.72. The highest BCUT2D eigenvalue weighted by molar-refractivity contribution is 9.10. The molecule has 0 saturated heterocycles. The van der Waals surface area contributed by atoms with Crippen molar-refractivity contribution in [3.63, 3.8) is 0 Å². The van der Waals surface area contributed by atoms with E-state index < -0.39 is 4.92 Å². The summed E-state index contributed by atoms with van der Waals surface area (Å²) in [5.74, 6) is 1.58. The number of rotatable bonds is 11. The van der Waals surface area contributed by atoms with Gasteiger partial charge in [0.1, 0.15) is 12.4 Å². The molecule has 4 rings (SSSR count). The van der Waals surface area contributed by atoms with Gasteiger partial charge in [-0.15, -0.1) is 6.58 Å². The average Bonchev–Trinajstić information content (AvgIpc) is 2.92. The number of non-ortho nitro benzene ring substituents is 1. The van der Waals surface area contributed by atoms with E-state index in [1.54, 1.807) is 36.6 Å². The molecule has 0 aliphatic heterocycles. The first-order valence-corrected chi connectivity index (χ1v) is 13.5. The quantitative estimate of drug-likeness (QED) is 0.0807. The predicted octanol–water partition coefficient (Wildman–Crippen LogP) is 6.78. The van der Waals surface area contributed by atoms with Gasteiger partial charge in [0.25, 0.3) is 11.2 Å². The van der Waals surface area contributed by atoms with Gasteiger partial charge in [0.05, 0.1) is 28.6 Å². The zero-order chi connectivity index (χ0) is 28.8. The van der Waals surface area contributed by atoms with Crippen LogP contribution in [0.4, 0.5) is 5.69 Å². The van der Waals surface area contributed by atoms with Gasteiger partial charge in [0.2, 0.25) is 0 Å². The zero-order valence-electron chi connectivity index (χ0n) is 22.5. The topological polar surface area (TPSA) is 109 Å². The van der Waals surface area contributed by atoms with Crippen LogP contribution in [0.25, 0.3) is 10.9 Å². The van der Waals surface area contributed by atoms with Crippen LogP contribution in [0.5, 0.6) is 11.5 Å². The third kappa shape index (κ3) is 6.45. The van der Waals surface area contributed by atoms with Gasteiger partial charge < -0.3 is 9.47 Å². The number of allylic oxidation sites excluding steroid dienone is 1. The fraction of sp³-hybridized carbons (Fsp3) is 0.233. The molecule has 1 heterocycles. The maximum absolute atomic E-state index is 13.4. The fourth-order valence-electron chi connectivity index (χ4n) is 4.14. The summed E-state index contributed by atoms with van der Waals surface area (Å²) in [5, 5.41) is 16.0. The van der Waals surface area contributed by atoms with Crippen molar-refractivity contribution in [1.29, 1.82) is 0 Å². The first-order chi connectivity index (χ1) is 19.2. The molecule has 0 N–H and O–H groups in total. The number of hydrogen-bond donors (Lipinski definition) is 0. The third-order valence-corrected chi connectivity index (χ3v) is 6.51. The summed E-state index contributed by atoms with van der Waals surface area (Å²) >= 11 is 3.43. The minimum absolute atomic E-state index is 0.0173. The maximum atomic E-state index is 13.4. The number of hydrogen-bond acceptors (Lipinski definition) is 7. The van der Waals surface area contributed by atoms with Crippen LogP contribution in [0.2, 0.25) is 0 Å². The smallest absolute Gasteiger partial charge is 0.282 e. The summed E-state index contributed by atoms with van der Waals surface area (Å²) in [6, 6.07) is 15.3. The summed E-state index contributed by atoms with van der Waals surface area (Å²) < 4.78 is 14.2. The largest absolute Gasteiger partial charge is 0.490 e. The molecular formula is C30H29BrN4O5. The minimum atomic E-state index is -0.439. The Morgan fingerprint density at radius 1 is 1.15 bits per heavy atom. The highest BCUT2D eigenvalue weighted by atomic mass is 79.9. The van der Waals surface area contributed by atoms with Crippen LogP contribution in [-0.2, 0) is 13.0 Å². The fourth-order valence-corrected chi connectivity index (χ4v) is 4.50. The van der Waals surface area contributed by atoms with Crippen molar-refractivity contribution in [1.82, 2.24) is 9.66 Å². The lowest BCUT2D eigenvalue weighted by atomic mass is 10.1. The predicted molar refractivity (Wildman–Crippen MR) is 160 cm³/mol. The van der Waals surface area contributed by atoms with E-state index in [4.69, 9.17) is 14.5 Å². The van der Waals surface area contributed by atoms with Crippen LogP contribution in [0.3, 0.4) is 0 Å². The van der Waals surface area contributed by atoms with Crippen molar-refractivity contribution in [3.8, 4) is 11.5 Å². The minimum Gasteiger partial charge on any atom is -0.490 e. The first kappa shape index (κ1) is 28.7. The number of ether oxygens (including phenoxy) is 2. The van der Waals surface area contributed by atoms with Gasteiger partial charge in [-0.1, -0.05) is 35.9 Å². The monoisotopic (exact) mass is 604 g/mol. The van der Waals surface area contributed by atoms with Crippen LogP contribution in [0.15, 0.2) is 81.6 Å². The Bertz CT molecular complexity index is 1650. The Kier molecular flexibility index (Phi) is 9.11. The lowest BCUT2D eigenvalue weighted by Gasteiger charge is -2.17. The summed E-state index contributed by atoms with van der Waals surface area (Å²) in [6.07, 6.45) is 3.87. The van der Waals surface area contributed by atoms with E-state index in [1.165, 1.54) is 16.8 Å². The Labute approximate surface area is 240 Å². The summed E-state index contributed by atoms with van der Waals surface area (Å²) in [7, 11) is 0. The van der Waals surface area contributed by atoms with Gasteiger partial charge in [-0.05, 0) is 66.9 Å². The summed E-state index contributed by atoms with van der Waals surface area (Å²) in [5.41, 5.74) is 2.68. The van der Waals surface area contributed by atoms with E-state index in [2.05, 4.69) is 27.6 Å². The molecule has 0 bridgehead atoms. The molecule has 0 spiro atoms. The number of aromatic nitrogens is 2. The van der Waals surface area contributed by atoms with Crippen molar-refractivity contribution in [2.45, 2.75) is 39.7 Å². The molecule has 0 saturated carbocycles. The number of nitro groups is 1. The standard InChI is InChI=1S/C30H29BrN4O5/c1-5-7-22-14-21(15-27(39-6-2)28(22)40-18-20-8-11-24(12-9-20)35(37)38)17-32-34-29(19(3)4)33-26-13-10-23(31)16-25(26)30(34)36/h5,8-17,19H,1,6-7,18H2,2-4H3. The molecule has 206 valence electrons. The van der Waals surface area contributed by atoms with Gasteiger partial charge >= 0.3 is 0 Å². The number of benzene rings is 3. The molecule has 0 aliphatic rings. The van der Waals surface area contributed by atoms with Crippen molar-refractivity contribution in [3.05, 3.63) is 115 Å². The van der Waals surface area contributed by atoms with Crippen LogP contribution < -0.4 is 15.0 Å². The Morgan fingerprint density at radius 3 is 2.55 bits per heavy atom. The van der Waals surface area contributed by atoms with E-state index in [0.29, 0.717) is 46.8 Å². The Morgan fingerprint density at radius 2 is 1.90 bits per heavy atom. The lowest BCUT2D eigenvalue weighted by Crippen LogP contribution is -2.23. The maximum Gasteiger partial charge on any atom is 0.282 e. The number of nitrogens with zero attached hydrogens (tertiary/aromatic N) is 4. The molecule has 9 nitrogen and oxygen atoms in total. The molecule has 1 aromatic heterocycles. The third-order valence-electron chi connectivity index (χ3n) is 6.02. The molecule has 0 atom stereocenters. The van der Waals surface area contributed by atoms with E-state index in [9.17, 15) is 14.9 Å². The van der Waals surface area contributed by atoms with Gasteiger partial charge in [-0.25, -0.2) is 4.98 Å². The number of halogens is 1. The van der Waals surface area contributed by atoms with E-state index >= 15 is 0 Å². The second-order valence-electron chi connectivity index (χ2n) is 9.29. The molecular weight excluding hydrogens is 576 g/mol. The first-order valence-electron chi connectivity index (χ1n) is 12.7. The number of nitro benzene ring substituents is 1. The molecule has 40 heavy (non-hydrogen) atoms. The molecule has 4 aromatic rings. The SMILES string of the molecule is C=CCc1cc(C=Nn2c(C(C)C)nc3ccc(Br)cc3c2=O)cc(OCC)c1OCc1ccc([N+](=O)[O-])cc1. The van der Waals surface area contributed by atoms with Crippen molar-refractivity contribution in [2.24, 2.45) is 5.10 Å². The van der Waals surface area contributed by atoms with Crippen LogP contribution >= 0.6 is 15.9 Å². The normalized spacial score (nSPS) is 11.3. The Hall–Kier alpha value is -4.31. The molecule has 0 radical (unpaired) electrons. The van der Waals surface area contributed by atoms with Crippen LogP contribution in [0, 0.1) is 10.1 Å². The second-order valence-corrected chi connectivity index (χ2v) is 10.2. The van der Waals surface area contributed by atoms with Crippen LogP contribution in [-0.4, -0.2) is 27.4 Å². The molecule has 0 unspecified atom stereocenters. The van der Waals surface area contributed by atoms with Crippen molar-refractivity contribution < 1.29 is 14.4 Å². The highest BCUT2D eigenvalue weighted by Gasteiger charge is 2.16. The summed E-state index contributed by atoms with van der Waals surface area (Å²) in [4.78, 5) is 28.6. The van der Waals surface area contributed by atoms with E-state index in [0.717, 1.165) is 15.6 Å². The molecule has 0 fully saturated rings. The number of fused-ring (bicyclic) bond motifs is 1. The second kappa shape index (κ2) is 12.7. The molecule has 10 heteroatoms. The van der Waals surface area contributed by atoms with Gasteiger partial charge in [-0.2, -0.15) is 9.78 Å². The van der Waals surface area contributed by atoms with Crippen molar-refractivity contribution in [2.75, 3.05) is 6.61 Å². The van der Waals surface area contributed by atoms with E-state index in [-0.39, 0.29) is 23.8 Å². The van der Waals surface area contributed by atoms with Gasteiger partial charge in [0, 0.05) is 28.1 Å². The van der Waals surface area contributed by atoms with Crippen molar-refractivity contribution >= 4 is 38.7 Å². The van der Waals surface area contributed by atoms with Gasteiger partial charge in [0.15, 0.2) is 11.5 Å². The zero-order valence-corrected chi connectivity index (χ0v) is 24.1. The van der Waals surface area contributed by atoms with Crippen LogP contribution in [0.1, 0.15) is 49.2 Å². The average molecular weight is 605 g/mol. The lowest BCUT2D eigenvalue weighted by molar-refractivity contribution is -0.384.